The summed E-state index contributed by atoms with van der Waals surface area (Å²) in [6, 6.07) is 13.4. The van der Waals surface area contributed by atoms with Gasteiger partial charge in [-0.3, -0.25) is 9.59 Å². The first-order chi connectivity index (χ1) is 10.9. The maximum absolute atomic E-state index is 12.5. The van der Waals surface area contributed by atoms with E-state index >= 15 is 0 Å². The second kappa shape index (κ2) is 7.47. The van der Waals surface area contributed by atoms with Crippen LogP contribution in [0.1, 0.15) is 35.3 Å². The van der Waals surface area contributed by atoms with Crippen LogP contribution in [0.5, 0.6) is 0 Å². The number of carbonyl (C=O) groups is 2. The molecule has 0 heterocycles. The van der Waals surface area contributed by atoms with E-state index in [1.165, 1.54) is 24.2 Å². The highest BCUT2D eigenvalue weighted by Gasteiger charge is 2.17. The molecule has 1 N–H and O–H groups in total. The lowest BCUT2D eigenvalue weighted by atomic mass is 10.0. The van der Waals surface area contributed by atoms with Gasteiger partial charge < -0.3 is 5.32 Å². The van der Waals surface area contributed by atoms with Gasteiger partial charge in [-0.2, -0.15) is 0 Å². The summed E-state index contributed by atoms with van der Waals surface area (Å²) in [5, 5.41) is 2.57. The summed E-state index contributed by atoms with van der Waals surface area (Å²) in [6.45, 7) is 7.46. The number of hydrogen-bond donors (Lipinski definition) is 1. The molecule has 120 valence electrons. The van der Waals surface area contributed by atoms with Gasteiger partial charge >= 0.3 is 0 Å². The van der Waals surface area contributed by atoms with Crippen molar-refractivity contribution < 1.29 is 9.59 Å². The first-order valence-corrected chi connectivity index (χ1v) is 8.40. The normalized spacial score (nSPS) is 11.8. The Hall–Kier alpha value is -2.07. The summed E-state index contributed by atoms with van der Waals surface area (Å²) >= 11 is 1.52. The molecule has 0 aromatic heterocycles. The molecular formula is C19H21NO2S. The van der Waals surface area contributed by atoms with Crippen LogP contribution in [0, 0.1) is 13.8 Å². The Labute approximate surface area is 141 Å². The summed E-state index contributed by atoms with van der Waals surface area (Å²) in [6.07, 6.45) is 0. The van der Waals surface area contributed by atoms with Crippen molar-refractivity contribution in [2.45, 2.75) is 37.8 Å². The monoisotopic (exact) mass is 327 g/mol. The van der Waals surface area contributed by atoms with Crippen molar-refractivity contribution in [2.24, 2.45) is 0 Å². The number of thioether (sulfide) groups is 1. The van der Waals surface area contributed by atoms with Crippen molar-refractivity contribution in [2.75, 3.05) is 5.32 Å². The van der Waals surface area contributed by atoms with E-state index in [-0.39, 0.29) is 16.9 Å². The lowest BCUT2D eigenvalue weighted by Crippen LogP contribution is -2.13. The highest BCUT2D eigenvalue weighted by Crippen LogP contribution is 2.27. The second-order valence-electron chi connectivity index (χ2n) is 5.63. The Kier molecular flexibility index (Phi) is 5.61. The third-order valence-corrected chi connectivity index (χ3v) is 4.76. The van der Waals surface area contributed by atoms with Gasteiger partial charge in [0.05, 0.1) is 5.25 Å². The Morgan fingerprint density at radius 2 is 1.65 bits per heavy atom. The average Bonchev–Trinajstić information content (AvgIpc) is 2.50. The molecule has 0 bridgehead atoms. The first kappa shape index (κ1) is 17.3. The molecule has 1 atom stereocenters. The number of anilines is 1. The minimum atomic E-state index is -0.163. The highest BCUT2D eigenvalue weighted by atomic mass is 32.2. The number of aryl methyl sites for hydroxylation is 2. The number of nitrogens with one attached hydrogen (secondary N) is 1. The van der Waals surface area contributed by atoms with E-state index in [2.05, 4.69) is 5.32 Å². The number of amides is 1. The Bertz CT molecular complexity index is 723. The summed E-state index contributed by atoms with van der Waals surface area (Å²) in [7, 11) is 0. The van der Waals surface area contributed by atoms with Crippen LogP contribution in [-0.4, -0.2) is 16.9 Å². The fourth-order valence-electron chi connectivity index (χ4n) is 2.21. The van der Waals surface area contributed by atoms with Crippen LogP contribution < -0.4 is 5.32 Å². The number of hydrogen-bond acceptors (Lipinski definition) is 3. The van der Waals surface area contributed by atoms with Gasteiger partial charge in [0.1, 0.15) is 0 Å². The summed E-state index contributed by atoms with van der Waals surface area (Å²) in [5.74, 6) is 0.0349. The predicted octanol–water partition coefficient (Wildman–Crippen LogP) is 4.63. The maximum atomic E-state index is 12.5. The SMILES string of the molecule is CC(=O)Nc1ccc(S[C@H](C)C(=O)c2ccc(C)c(C)c2)cc1. The van der Waals surface area contributed by atoms with E-state index in [0.29, 0.717) is 0 Å². The number of ketones is 1. The van der Waals surface area contributed by atoms with Gasteiger partial charge in [0.2, 0.25) is 5.91 Å². The van der Waals surface area contributed by atoms with Crippen molar-refractivity contribution in [3.05, 3.63) is 59.2 Å². The predicted molar refractivity (Wildman–Crippen MR) is 96.3 cm³/mol. The molecule has 2 rings (SSSR count). The van der Waals surface area contributed by atoms with Crippen LogP contribution in [0.15, 0.2) is 47.4 Å². The quantitative estimate of drug-likeness (QED) is 0.643. The third kappa shape index (κ3) is 4.70. The molecule has 0 saturated heterocycles. The molecule has 0 aliphatic carbocycles. The van der Waals surface area contributed by atoms with E-state index in [1.807, 2.05) is 63.2 Å². The summed E-state index contributed by atoms with van der Waals surface area (Å²) in [5.41, 5.74) is 3.83. The topological polar surface area (TPSA) is 46.2 Å². The third-order valence-electron chi connectivity index (χ3n) is 3.65. The first-order valence-electron chi connectivity index (χ1n) is 7.52. The molecule has 1 amide bonds. The smallest absolute Gasteiger partial charge is 0.221 e. The minimum Gasteiger partial charge on any atom is -0.326 e. The molecule has 0 spiro atoms. The van der Waals surface area contributed by atoms with Gasteiger partial charge in [0, 0.05) is 23.1 Å². The molecule has 0 saturated carbocycles. The number of Topliss-reactive ketones (excluding diaryl/α,β-unsaturated/α-hetero) is 1. The van der Waals surface area contributed by atoms with Crippen LogP contribution in [0.4, 0.5) is 5.69 Å². The van der Waals surface area contributed by atoms with Crippen LogP contribution in [0.3, 0.4) is 0 Å². The van der Waals surface area contributed by atoms with Gasteiger partial charge in [-0.1, -0.05) is 12.1 Å². The zero-order valence-electron chi connectivity index (χ0n) is 13.8. The standard InChI is InChI=1S/C19H21NO2S/c1-12-5-6-16(11-13(12)2)19(22)14(3)23-18-9-7-17(8-10-18)20-15(4)21/h5-11,14H,1-4H3,(H,20,21)/t14-/m1/s1. The molecule has 0 aliphatic rings. The molecule has 2 aromatic carbocycles. The van der Waals surface area contributed by atoms with E-state index < -0.39 is 0 Å². The van der Waals surface area contributed by atoms with Gasteiger partial charge in [0.15, 0.2) is 5.78 Å². The molecule has 23 heavy (non-hydrogen) atoms. The van der Waals surface area contributed by atoms with Crippen molar-refractivity contribution in [3.63, 3.8) is 0 Å². The fraction of sp³-hybridized carbons (Fsp3) is 0.263. The Balaban J connectivity index is 2.05. The van der Waals surface area contributed by atoms with Crippen LogP contribution in [0.2, 0.25) is 0 Å². The zero-order valence-corrected chi connectivity index (χ0v) is 14.7. The van der Waals surface area contributed by atoms with Crippen molar-refractivity contribution >= 4 is 29.1 Å². The summed E-state index contributed by atoms with van der Waals surface area (Å²) < 4.78 is 0. The number of carbonyl (C=O) groups excluding carboxylic acids is 2. The maximum Gasteiger partial charge on any atom is 0.221 e. The van der Waals surface area contributed by atoms with Crippen molar-refractivity contribution in [1.29, 1.82) is 0 Å². The van der Waals surface area contributed by atoms with Gasteiger partial charge in [-0.25, -0.2) is 0 Å². The number of benzene rings is 2. The van der Waals surface area contributed by atoms with E-state index in [0.717, 1.165) is 21.7 Å². The van der Waals surface area contributed by atoms with E-state index in [4.69, 9.17) is 0 Å². The molecule has 4 heteroatoms. The lowest BCUT2D eigenvalue weighted by Gasteiger charge is -2.12. The van der Waals surface area contributed by atoms with E-state index in [9.17, 15) is 9.59 Å². The summed E-state index contributed by atoms with van der Waals surface area (Å²) in [4.78, 5) is 24.6. The molecule has 0 radical (unpaired) electrons. The molecule has 0 aliphatic heterocycles. The van der Waals surface area contributed by atoms with Crippen LogP contribution in [-0.2, 0) is 4.79 Å². The number of rotatable bonds is 5. The van der Waals surface area contributed by atoms with E-state index in [1.54, 1.807) is 0 Å². The van der Waals surface area contributed by atoms with Crippen LogP contribution in [0.25, 0.3) is 0 Å². The molecular weight excluding hydrogens is 306 g/mol. The Morgan fingerprint density at radius 1 is 1.00 bits per heavy atom. The largest absolute Gasteiger partial charge is 0.326 e. The van der Waals surface area contributed by atoms with Crippen molar-refractivity contribution in [1.82, 2.24) is 0 Å². The molecule has 0 fully saturated rings. The molecule has 0 unspecified atom stereocenters. The fourth-order valence-corrected chi connectivity index (χ4v) is 3.15. The van der Waals surface area contributed by atoms with Gasteiger partial charge in [-0.15, -0.1) is 11.8 Å². The van der Waals surface area contributed by atoms with Crippen molar-refractivity contribution in [3.8, 4) is 0 Å². The molecule has 3 nitrogen and oxygen atoms in total. The van der Waals surface area contributed by atoms with Crippen LogP contribution >= 0.6 is 11.8 Å². The average molecular weight is 327 g/mol. The van der Waals surface area contributed by atoms with Gasteiger partial charge in [-0.05, 0) is 62.2 Å². The molecule has 2 aromatic rings. The second-order valence-corrected chi connectivity index (χ2v) is 7.04. The minimum absolute atomic E-state index is 0.0938. The lowest BCUT2D eigenvalue weighted by molar-refractivity contribution is -0.114. The highest BCUT2D eigenvalue weighted by molar-refractivity contribution is 8.00. The van der Waals surface area contributed by atoms with Gasteiger partial charge in [0.25, 0.3) is 0 Å². The zero-order chi connectivity index (χ0) is 17.0. The Morgan fingerprint density at radius 3 is 2.22 bits per heavy atom.